The van der Waals surface area contributed by atoms with Crippen LogP contribution in [0.5, 0.6) is 0 Å². The Hall–Kier alpha value is -3.18. The summed E-state index contributed by atoms with van der Waals surface area (Å²) < 4.78 is 10.7. The van der Waals surface area contributed by atoms with Crippen LogP contribution in [0.1, 0.15) is 309 Å². The average Bonchev–Trinajstić information content (AvgIpc) is 3.40. The minimum Gasteiger partial charge on any atom is -0.462 e. The molecule has 0 aromatic rings. The Morgan fingerprint density at radius 3 is 0.811 bits per heavy atom. The molecular weight excluding hydrogens is 909 g/mol. The van der Waals surface area contributed by atoms with Gasteiger partial charge in [0.25, 0.3) is 0 Å². The van der Waals surface area contributed by atoms with E-state index in [0.29, 0.717) is 12.8 Å². The van der Waals surface area contributed by atoms with Gasteiger partial charge in [-0.15, -0.1) is 0 Å². The molecule has 0 aromatic heterocycles. The Bertz CT molecular complexity index is 1400. The smallest absolute Gasteiger partial charge is 0.306 e. The van der Waals surface area contributed by atoms with Gasteiger partial charge in [0.2, 0.25) is 0 Å². The minimum atomic E-state index is -0.776. The van der Waals surface area contributed by atoms with Crippen LogP contribution >= 0.6 is 0 Å². The first-order valence-electron chi connectivity index (χ1n) is 31.8. The first-order chi connectivity index (χ1) is 36.6. The molecule has 0 spiro atoms. The zero-order valence-electron chi connectivity index (χ0n) is 48.8. The van der Waals surface area contributed by atoms with Gasteiger partial charge in [0.05, 0.1) is 6.61 Å². The molecule has 1 atom stereocenters. The zero-order chi connectivity index (χ0) is 53.4. The summed E-state index contributed by atoms with van der Waals surface area (Å²) in [4.78, 5) is 24.6. The van der Waals surface area contributed by atoms with E-state index < -0.39 is 6.10 Å². The predicted molar refractivity (Wildman–Crippen MR) is 325 cm³/mol. The van der Waals surface area contributed by atoms with Crippen molar-refractivity contribution >= 4 is 11.9 Å². The second-order valence-corrected chi connectivity index (χ2v) is 21.1. The number of aliphatic hydroxyl groups is 1. The largest absolute Gasteiger partial charge is 0.462 e. The molecule has 0 fully saturated rings. The molecule has 0 saturated heterocycles. The first-order valence-corrected chi connectivity index (χ1v) is 31.8. The van der Waals surface area contributed by atoms with Crippen molar-refractivity contribution in [1.29, 1.82) is 0 Å². The lowest BCUT2D eigenvalue weighted by Gasteiger charge is -2.15. The van der Waals surface area contributed by atoms with Gasteiger partial charge in [-0.3, -0.25) is 9.59 Å². The van der Waals surface area contributed by atoms with Crippen LogP contribution in [-0.2, 0) is 19.1 Å². The van der Waals surface area contributed by atoms with Crippen LogP contribution in [-0.4, -0.2) is 36.4 Å². The monoisotopic (exact) mass is 1030 g/mol. The van der Waals surface area contributed by atoms with E-state index in [1.165, 1.54) is 193 Å². The number of hydrogen-bond donors (Lipinski definition) is 1. The SMILES string of the molecule is CC/C=C\C/C=C\C/C=C\C/C=C\CCCCCCCCCCCCCCCCCCCCC(=O)OC(CO)COC(=O)CCCCCCCCCCCCCCCCCC/C=C\C/C=C\C/C=C\C/C=C\CC. The first kappa shape index (κ1) is 70.8. The van der Waals surface area contributed by atoms with Crippen molar-refractivity contribution < 1.29 is 24.2 Å². The highest BCUT2D eigenvalue weighted by atomic mass is 16.6. The molecule has 0 aliphatic heterocycles. The number of unbranched alkanes of at least 4 members (excludes halogenated alkanes) is 34. The lowest BCUT2D eigenvalue weighted by molar-refractivity contribution is -0.161. The normalized spacial score (nSPS) is 12.9. The Balaban J connectivity index is 3.44. The van der Waals surface area contributed by atoms with E-state index in [-0.39, 0.29) is 25.2 Å². The fourth-order valence-corrected chi connectivity index (χ4v) is 9.19. The van der Waals surface area contributed by atoms with Gasteiger partial charge in [-0.2, -0.15) is 0 Å². The molecule has 0 amide bonds. The number of allylic oxidation sites excluding steroid dienone is 16. The topological polar surface area (TPSA) is 72.8 Å². The van der Waals surface area contributed by atoms with Gasteiger partial charge in [-0.05, 0) is 89.9 Å². The maximum atomic E-state index is 12.3. The molecule has 0 aliphatic rings. The van der Waals surface area contributed by atoms with Crippen molar-refractivity contribution in [2.24, 2.45) is 0 Å². The van der Waals surface area contributed by atoms with Crippen molar-refractivity contribution in [3.8, 4) is 0 Å². The average molecular weight is 1030 g/mol. The second-order valence-electron chi connectivity index (χ2n) is 21.1. The van der Waals surface area contributed by atoms with Gasteiger partial charge in [0, 0.05) is 12.8 Å². The number of carbonyl (C=O) groups excluding carboxylic acids is 2. The van der Waals surface area contributed by atoms with Crippen LogP contribution in [0.2, 0.25) is 0 Å². The molecule has 0 aromatic carbocycles. The minimum absolute atomic E-state index is 0.0657. The van der Waals surface area contributed by atoms with Crippen LogP contribution in [0.25, 0.3) is 0 Å². The van der Waals surface area contributed by atoms with Crippen molar-refractivity contribution in [2.45, 2.75) is 315 Å². The van der Waals surface area contributed by atoms with Crippen LogP contribution < -0.4 is 0 Å². The van der Waals surface area contributed by atoms with Gasteiger partial charge in [0.1, 0.15) is 6.61 Å². The number of aliphatic hydroxyl groups excluding tert-OH is 1. The fourth-order valence-electron chi connectivity index (χ4n) is 9.19. The summed E-state index contributed by atoms with van der Waals surface area (Å²) in [6.45, 7) is 3.95. The maximum Gasteiger partial charge on any atom is 0.306 e. The number of carbonyl (C=O) groups is 2. The van der Waals surface area contributed by atoms with Crippen molar-refractivity contribution in [1.82, 2.24) is 0 Å². The molecule has 74 heavy (non-hydrogen) atoms. The molecule has 1 N–H and O–H groups in total. The molecule has 0 heterocycles. The number of esters is 2. The van der Waals surface area contributed by atoms with E-state index >= 15 is 0 Å². The third-order valence-electron chi connectivity index (χ3n) is 13.9. The zero-order valence-corrected chi connectivity index (χ0v) is 48.8. The molecular formula is C69H120O5. The van der Waals surface area contributed by atoms with E-state index in [1.54, 1.807) is 0 Å². The van der Waals surface area contributed by atoms with Gasteiger partial charge < -0.3 is 14.6 Å². The van der Waals surface area contributed by atoms with E-state index in [4.69, 9.17) is 9.47 Å². The van der Waals surface area contributed by atoms with Crippen LogP contribution in [0.15, 0.2) is 97.2 Å². The lowest BCUT2D eigenvalue weighted by Crippen LogP contribution is -2.28. The number of ether oxygens (including phenoxy) is 2. The Morgan fingerprint density at radius 1 is 0.311 bits per heavy atom. The highest BCUT2D eigenvalue weighted by Crippen LogP contribution is 2.17. The summed E-state index contributed by atoms with van der Waals surface area (Å²) in [5.41, 5.74) is 0. The van der Waals surface area contributed by atoms with E-state index in [1.807, 2.05) is 0 Å². The predicted octanol–water partition coefficient (Wildman–Crippen LogP) is 21.9. The molecule has 0 rings (SSSR count). The summed E-state index contributed by atoms with van der Waals surface area (Å²) in [6, 6.07) is 0. The van der Waals surface area contributed by atoms with Crippen LogP contribution in [0.4, 0.5) is 0 Å². The summed E-state index contributed by atoms with van der Waals surface area (Å²) in [7, 11) is 0. The molecule has 0 saturated carbocycles. The molecule has 0 aliphatic carbocycles. The Labute approximate surface area is 459 Å². The quantitative estimate of drug-likeness (QED) is 0.0373. The van der Waals surface area contributed by atoms with Crippen molar-refractivity contribution in [3.63, 3.8) is 0 Å². The highest BCUT2D eigenvalue weighted by Gasteiger charge is 2.16. The van der Waals surface area contributed by atoms with E-state index in [2.05, 4.69) is 111 Å². The summed E-state index contributed by atoms with van der Waals surface area (Å²) in [5, 5.41) is 9.69. The van der Waals surface area contributed by atoms with Gasteiger partial charge in [-0.1, -0.05) is 304 Å². The molecule has 0 bridgehead atoms. The van der Waals surface area contributed by atoms with Gasteiger partial charge in [0.15, 0.2) is 6.10 Å². The Kier molecular flexibility index (Phi) is 61.4. The summed E-state index contributed by atoms with van der Waals surface area (Å²) >= 11 is 0. The van der Waals surface area contributed by atoms with Crippen LogP contribution in [0, 0.1) is 0 Å². The molecule has 1 unspecified atom stereocenters. The van der Waals surface area contributed by atoms with E-state index in [9.17, 15) is 14.7 Å². The molecule has 5 nitrogen and oxygen atoms in total. The number of rotatable bonds is 58. The molecule has 426 valence electrons. The summed E-state index contributed by atoms with van der Waals surface area (Å²) in [5.74, 6) is -0.579. The lowest BCUT2D eigenvalue weighted by atomic mass is 10.0. The van der Waals surface area contributed by atoms with Gasteiger partial charge >= 0.3 is 11.9 Å². The maximum absolute atomic E-state index is 12.3. The van der Waals surface area contributed by atoms with Crippen LogP contribution in [0.3, 0.4) is 0 Å². The van der Waals surface area contributed by atoms with E-state index in [0.717, 1.165) is 89.9 Å². The fraction of sp³-hybridized carbons (Fsp3) is 0.739. The molecule has 5 heteroatoms. The third-order valence-corrected chi connectivity index (χ3v) is 13.9. The second kappa shape index (κ2) is 64.1. The van der Waals surface area contributed by atoms with Crippen molar-refractivity contribution in [2.75, 3.05) is 13.2 Å². The van der Waals surface area contributed by atoms with Crippen molar-refractivity contribution in [3.05, 3.63) is 97.2 Å². The molecule has 0 radical (unpaired) electrons. The van der Waals surface area contributed by atoms with Gasteiger partial charge in [-0.25, -0.2) is 0 Å². The highest BCUT2D eigenvalue weighted by molar-refractivity contribution is 5.70. The summed E-state index contributed by atoms with van der Waals surface area (Å²) in [6.07, 6.45) is 91.3. The Morgan fingerprint density at radius 2 is 0.541 bits per heavy atom. The standard InChI is InChI=1S/C69H120O5/c1-3-5-7-9-11-13-15-17-19-21-23-25-27-29-31-33-34-36-38-40-42-44-46-48-50-52-54-56-58-60-62-64-69(72)74-67(65-70)66-73-68(71)63-61-59-57-55-53-51-49-47-45-43-41-39-37-35-32-30-28-26-24-22-20-18-16-14-12-10-8-6-4-2/h5-8,11-14,17-20,23-26,67,70H,3-4,9-10,15-16,21-22,27-66H2,1-2H3/b7-5-,8-6-,13-11-,14-12-,19-17-,20-18-,25-23-,26-24-. The number of hydrogen-bond acceptors (Lipinski definition) is 5. The third kappa shape index (κ3) is 61.4.